The van der Waals surface area contributed by atoms with Crippen molar-refractivity contribution >= 4 is 18.4 Å². The van der Waals surface area contributed by atoms with E-state index in [-0.39, 0.29) is 31.4 Å². The number of ether oxygens (including phenoxy) is 2. The number of nitrogens with two attached hydrogens (primary N) is 1. The lowest BCUT2D eigenvalue weighted by Gasteiger charge is -2.18. The number of esters is 1. The smallest absolute Gasteiger partial charge is 0.330 e. The summed E-state index contributed by atoms with van der Waals surface area (Å²) in [5, 5.41) is 9.97. The number of aliphatic hydroxyl groups excluding tert-OH is 1. The van der Waals surface area contributed by atoms with Crippen molar-refractivity contribution in [3.63, 3.8) is 0 Å². The predicted octanol–water partition coefficient (Wildman–Crippen LogP) is -0.728. The zero-order chi connectivity index (χ0) is 18.0. The SMILES string of the molecule is CC(C)[C@H](N)C(=O)OC[C@H]1O[C@@H](n2cc(F)c(=O)[nH]c2=O)C[C@@H]1O.Cl. The van der Waals surface area contributed by atoms with Crippen LogP contribution in [0.5, 0.6) is 0 Å². The molecule has 0 unspecified atom stereocenters. The highest BCUT2D eigenvalue weighted by Gasteiger charge is 2.37. The molecule has 1 fully saturated rings. The van der Waals surface area contributed by atoms with Gasteiger partial charge in [-0.15, -0.1) is 12.4 Å². The lowest BCUT2D eigenvalue weighted by molar-refractivity contribution is -0.152. The number of rotatable bonds is 5. The Morgan fingerprint density at radius 3 is 2.80 bits per heavy atom. The van der Waals surface area contributed by atoms with Gasteiger partial charge in [0.15, 0.2) is 0 Å². The second-order valence-electron chi connectivity index (χ2n) is 5.98. The van der Waals surface area contributed by atoms with Crippen LogP contribution in [0.15, 0.2) is 15.8 Å². The van der Waals surface area contributed by atoms with E-state index < -0.39 is 47.5 Å². The molecule has 0 aliphatic carbocycles. The van der Waals surface area contributed by atoms with Gasteiger partial charge in [-0.1, -0.05) is 13.8 Å². The van der Waals surface area contributed by atoms with E-state index in [1.165, 1.54) is 0 Å². The summed E-state index contributed by atoms with van der Waals surface area (Å²) in [5.41, 5.74) is 3.65. The second kappa shape index (κ2) is 8.56. The van der Waals surface area contributed by atoms with Crippen molar-refractivity contribution in [1.29, 1.82) is 0 Å². The van der Waals surface area contributed by atoms with E-state index in [1.807, 2.05) is 0 Å². The molecule has 0 radical (unpaired) electrons. The van der Waals surface area contributed by atoms with Crippen LogP contribution in [0.3, 0.4) is 0 Å². The number of carbonyl (C=O) groups excluding carboxylic acids is 1. The van der Waals surface area contributed by atoms with Crippen LogP contribution in [0.4, 0.5) is 4.39 Å². The molecule has 2 rings (SSSR count). The van der Waals surface area contributed by atoms with E-state index in [1.54, 1.807) is 18.8 Å². The molecule has 0 saturated carbocycles. The van der Waals surface area contributed by atoms with Gasteiger partial charge in [0.2, 0.25) is 5.82 Å². The summed E-state index contributed by atoms with van der Waals surface area (Å²) in [4.78, 5) is 36.2. The van der Waals surface area contributed by atoms with Crippen LogP contribution in [0, 0.1) is 11.7 Å². The van der Waals surface area contributed by atoms with E-state index in [0.717, 1.165) is 4.57 Å². The summed E-state index contributed by atoms with van der Waals surface area (Å²) in [5.74, 6) is -1.88. The number of aromatic amines is 1. The Balaban J connectivity index is 0.00000312. The van der Waals surface area contributed by atoms with Gasteiger partial charge in [-0.05, 0) is 5.92 Å². The molecule has 9 nitrogen and oxygen atoms in total. The Morgan fingerprint density at radius 2 is 2.20 bits per heavy atom. The summed E-state index contributed by atoms with van der Waals surface area (Å²) < 4.78 is 24.6. The minimum atomic E-state index is -1.15. The molecule has 0 bridgehead atoms. The molecule has 0 spiro atoms. The van der Waals surface area contributed by atoms with E-state index in [0.29, 0.717) is 6.20 Å². The molecule has 2 heterocycles. The summed E-state index contributed by atoms with van der Waals surface area (Å²) in [6.07, 6.45) is -2.22. The van der Waals surface area contributed by atoms with Gasteiger partial charge < -0.3 is 20.3 Å². The monoisotopic (exact) mass is 381 g/mol. The van der Waals surface area contributed by atoms with Crippen LogP contribution in [0.1, 0.15) is 26.5 Å². The molecule has 4 atom stereocenters. The maximum Gasteiger partial charge on any atom is 0.330 e. The highest BCUT2D eigenvalue weighted by atomic mass is 35.5. The zero-order valence-corrected chi connectivity index (χ0v) is 14.5. The third kappa shape index (κ3) is 4.88. The topological polar surface area (TPSA) is 137 Å². The maximum absolute atomic E-state index is 13.3. The van der Waals surface area contributed by atoms with Crippen molar-refractivity contribution in [1.82, 2.24) is 9.55 Å². The number of aliphatic hydroxyl groups is 1. The summed E-state index contributed by atoms with van der Waals surface area (Å²) >= 11 is 0. The largest absolute Gasteiger partial charge is 0.462 e. The van der Waals surface area contributed by atoms with Crippen LogP contribution in [-0.4, -0.2) is 45.5 Å². The average molecular weight is 382 g/mol. The van der Waals surface area contributed by atoms with E-state index >= 15 is 0 Å². The molecule has 142 valence electrons. The van der Waals surface area contributed by atoms with Gasteiger partial charge in [-0.25, -0.2) is 4.79 Å². The Bertz CT molecular complexity index is 721. The molecule has 11 heteroatoms. The third-order valence-corrected chi connectivity index (χ3v) is 3.82. The van der Waals surface area contributed by atoms with E-state index in [2.05, 4.69) is 0 Å². The fourth-order valence-corrected chi connectivity index (χ4v) is 2.24. The van der Waals surface area contributed by atoms with E-state index in [4.69, 9.17) is 15.2 Å². The zero-order valence-electron chi connectivity index (χ0n) is 13.7. The summed E-state index contributed by atoms with van der Waals surface area (Å²) in [7, 11) is 0. The standard InChI is InChI=1S/C14H20FN3O6.ClH/c1-6(2)11(16)13(21)23-5-9-8(19)3-10(24-9)18-4-7(15)12(20)17-14(18)22;/h4,6,8-11,19H,3,5,16H2,1-2H3,(H,17,20,22);1H/t8-,9+,10+,11-;/m0./s1. The minimum absolute atomic E-state index is 0. The predicted molar refractivity (Wildman–Crippen MR) is 86.8 cm³/mol. The fourth-order valence-electron chi connectivity index (χ4n) is 2.24. The van der Waals surface area contributed by atoms with Crippen molar-refractivity contribution in [3.8, 4) is 0 Å². The third-order valence-electron chi connectivity index (χ3n) is 3.82. The van der Waals surface area contributed by atoms with Crippen molar-refractivity contribution in [2.75, 3.05) is 6.61 Å². The summed E-state index contributed by atoms with van der Waals surface area (Å²) in [6, 6.07) is -0.796. The first-order valence-corrected chi connectivity index (χ1v) is 7.47. The van der Waals surface area contributed by atoms with Gasteiger partial charge in [0.05, 0.1) is 12.3 Å². The Hall–Kier alpha value is -1.75. The molecule has 1 aromatic rings. The molecule has 1 aromatic heterocycles. The molecule has 0 aromatic carbocycles. The highest BCUT2D eigenvalue weighted by Crippen LogP contribution is 2.27. The second-order valence-corrected chi connectivity index (χ2v) is 5.98. The van der Waals surface area contributed by atoms with Crippen molar-refractivity contribution in [2.45, 2.75) is 44.7 Å². The van der Waals surface area contributed by atoms with E-state index in [9.17, 15) is 23.9 Å². The van der Waals surface area contributed by atoms with Crippen molar-refractivity contribution in [2.24, 2.45) is 11.7 Å². The van der Waals surface area contributed by atoms with Crippen LogP contribution < -0.4 is 17.0 Å². The molecule has 1 aliphatic rings. The Kier molecular flexibility index (Phi) is 7.29. The van der Waals surface area contributed by atoms with Gasteiger partial charge in [-0.2, -0.15) is 4.39 Å². The van der Waals surface area contributed by atoms with Gasteiger partial charge in [0.25, 0.3) is 5.56 Å². The molecule has 0 amide bonds. The molecule has 1 aliphatic heterocycles. The average Bonchev–Trinajstić information content (AvgIpc) is 2.88. The van der Waals surface area contributed by atoms with Crippen LogP contribution in [0.2, 0.25) is 0 Å². The highest BCUT2D eigenvalue weighted by molar-refractivity contribution is 5.85. The van der Waals surface area contributed by atoms with Gasteiger partial charge in [0.1, 0.15) is 25.0 Å². The molecule has 4 N–H and O–H groups in total. The lowest BCUT2D eigenvalue weighted by atomic mass is 10.1. The number of halogens is 2. The van der Waals surface area contributed by atoms with Crippen LogP contribution >= 0.6 is 12.4 Å². The molecular formula is C14H21ClFN3O6. The van der Waals surface area contributed by atoms with Crippen molar-refractivity contribution in [3.05, 3.63) is 32.9 Å². The first-order chi connectivity index (χ1) is 11.2. The van der Waals surface area contributed by atoms with Crippen LogP contribution in [-0.2, 0) is 14.3 Å². The number of hydrogen-bond donors (Lipinski definition) is 3. The number of carbonyl (C=O) groups is 1. The first-order valence-electron chi connectivity index (χ1n) is 7.47. The molecular weight excluding hydrogens is 361 g/mol. The maximum atomic E-state index is 13.3. The van der Waals surface area contributed by atoms with Gasteiger partial charge >= 0.3 is 11.7 Å². The number of hydrogen-bond acceptors (Lipinski definition) is 7. The summed E-state index contributed by atoms with van der Waals surface area (Å²) in [6.45, 7) is 3.28. The molecule has 25 heavy (non-hydrogen) atoms. The van der Waals surface area contributed by atoms with Gasteiger partial charge in [0, 0.05) is 6.42 Å². The number of nitrogens with one attached hydrogen (secondary N) is 1. The Labute approximate surface area is 148 Å². The van der Waals surface area contributed by atoms with Crippen LogP contribution in [0.25, 0.3) is 0 Å². The number of aromatic nitrogens is 2. The number of nitrogens with zero attached hydrogens (tertiary/aromatic N) is 1. The lowest BCUT2D eigenvalue weighted by Crippen LogP contribution is -2.39. The van der Waals surface area contributed by atoms with Gasteiger partial charge in [-0.3, -0.25) is 19.1 Å². The number of H-pyrrole nitrogens is 1. The normalized spacial score (nSPS) is 24.0. The Morgan fingerprint density at radius 1 is 1.56 bits per heavy atom. The quantitative estimate of drug-likeness (QED) is 0.572. The van der Waals surface area contributed by atoms with Crippen molar-refractivity contribution < 1.29 is 23.8 Å². The minimum Gasteiger partial charge on any atom is -0.462 e. The first kappa shape index (κ1) is 21.3. The fraction of sp³-hybridized carbons (Fsp3) is 0.643. The molecule has 1 saturated heterocycles.